The lowest BCUT2D eigenvalue weighted by Gasteiger charge is -2.37. The summed E-state index contributed by atoms with van der Waals surface area (Å²) in [5, 5.41) is 0. The van der Waals surface area contributed by atoms with Gasteiger partial charge in [0.05, 0.1) is 17.1 Å². The minimum atomic E-state index is -4.29. The van der Waals surface area contributed by atoms with Crippen LogP contribution in [0.2, 0.25) is 0 Å². The van der Waals surface area contributed by atoms with Crippen LogP contribution in [0.4, 0.5) is 13.2 Å². The molecule has 134 valence electrons. The Morgan fingerprint density at radius 1 is 1.21 bits per heavy atom. The molecule has 0 bridgehead atoms. The highest BCUT2D eigenvalue weighted by atomic mass is 32.2. The minimum absolute atomic E-state index is 0.0348. The van der Waals surface area contributed by atoms with Crippen LogP contribution >= 0.6 is 0 Å². The van der Waals surface area contributed by atoms with Crippen LogP contribution < -0.4 is 0 Å². The molecule has 0 radical (unpaired) electrons. The first kappa shape index (κ1) is 17.7. The van der Waals surface area contributed by atoms with E-state index in [2.05, 4.69) is 11.8 Å². The lowest BCUT2D eigenvalue weighted by molar-refractivity contribution is -0.137. The number of benzene rings is 1. The molecule has 1 aromatic rings. The summed E-state index contributed by atoms with van der Waals surface area (Å²) in [7, 11) is -2.81. The summed E-state index contributed by atoms with van der Waals surface area (Å²) in [5.74, 6) is 0.932. The fourth-order valence-electron chi connectivity index (χ4n) is 4.05. The van der Waals surface area contributed by atoms with E-state index >= 15 is 0 Å². The van der Waals surface area contributed by atoms with Crippen LogP contribution in [0.15, 0.2) is 24.3 Å². The molecular formula is C17H22F3NO2S. The molecule has 0 N–H and O–H groups in total. The SMILES string of the molecule is C[C@@H](Cc1ccc(C(F)(F)F)cc1)CN1CCC2(C1)CS(=O)(=O)C2. The van der Waals surface area contributed by atoms with Crippen molar-refractivity contribution in [3.8, 4) is 0 Å². The van der Waals surface area contributed by atoms with E-state index in [9.17, 15) is 21.6 Å². The van der Waals surface area contributed by atoms with Crippen molar-refractivity contribution in [2.75, 3.05) is 31.1 Å². The highest BCUT2D eigenvalue weighted by Gasteiger charge is 2.51. The molecular weight excluding hydrogens is 339 g/mol. The first-order valence-corrected chi connectivity index (χ1v) is 9.98. The van der Waals surface area contributed by atoms with Crippen LogP contribution in [0.25, 0.3) is 0 Å². The van der Waals surface area contributed by atoms with Gasteiger partial charge in [-0.15, -0.1) is 0 Å². The van der Waals surface area contributed by atoms with Gasteiger partial charge in [-0.25, -0.2) is 8.42 Å². The summed E-state index contributed by atoms with van der Waals surface area (Å²) in [4.78, 5) is 2.30. The van der Waals surface area contributed by atoms with E-state index in [1.165, 1.54) is 0 Å². The summed E-state index contributed by atoms with van der Waals surface area (Å²) < 4.78 is 60.5. The molecule has 0 amide bonds. The van der Waals surface area contributed by atoms with Gasteiger partial charge < -0.3 is 4.90 Å². The maximum absolute atomic E-state index is 12.6. The summed E-state index contributed by atoms with van der Waals surface area (Å²) >= 11 is 0. The van der Waals surface area contributed by atoms with E-state index in [0.29, 0.717) is 17.4 Å². The zero-order valence-electron chi connectivity index (χ0n) is 13.6. The molecule has 2 saturated heterocycles. The zero-order valence-corrected chi connectivity index (χ0v) is 14.5. The number of hydrogen-bond acceptors (Lipinski definition) is 3. The maximum atomic E-state index is 12.6. The van der Waals surface area contributed by atoms with E-state index < -0.39 is 21.6 Å². The van der Waals surface area contributed by atoms with Crippen molar-refractivity contribution in [1.82, 2.24) is 4.90 Å². The summed E-state index contributed by atoms with van der Waals surface area (Å²) in [6.07, 6.45) is -2.64. The second-order valence-electron chi connectivity index (χ2n) is 7.52. The smallest absolute Gasteiger partial charge is 0.302 e. The number of likely N-dealkylation sites (tertiary alicyclic amines) is 1. The molecule has 2 aliphatic heterocycles. The van der Waals surface area contributed by atoms with Gasteiger partial charge in [0.2, 0.25) is 0 Å². The van der Waals surface area contributed by atoms with Crippen LogP contribution in [-0.2, 0) is 22.4 Å². The van der Waals surface area contributed by atoms with E-state index in [-0.39, 0.29) is 5.41 Å². The number of nitrogens with zero attached hydrogens (tertiary/aromatic N) is 1. The number of rotatable bonds is 4. The first-order valence-electron chi connectivity index (χ1n) is 8.16. The van der Waals surface area contributed by atoms with Crippen LogP contribution in [-0.4, -0.2) is 44.5 Å². The van der Waals surface area contributed by atoms with E-state index in [1.54, 1.807) is 12.1 Å². The van der Waals surface area contributed by atoms with Crippen LogP contribution in [0.5, 0.6) is 0 Å². The quantitative estimate of drug-likeness (QED) is 0.827. The van der Waals surface area contributed by atoms with Gasteiger partial charge in [-0.05, 0) is 43.0 Å². The van der Waals surface area contributed by atoms with Crippen LogP contribution in [0.1, 0.15) is 24.5 Å². The van der Waals surface area contributed by atoms with Crippen molar-refractivity contribution in [3.63, 3.8) is 0 Å². The molecule has 0 aliphatic carbocycles. The van der Waals surface area contributed by atoms with Gasteiger partial charge in [-0.2, -0.15) is 13.2 Å². The Labute approximate surface area is 140 Å². The Hall–Kier alpha value is -1.08. The average molecular weight is 361 g/mol. The Kier molecular flexibility index (Phi) is 4.45. The molecule has 2 heterocycles. The predicted octanol–water partition coefficient (Wildman–Crippen LogP) is 3.00. The van der Waals surface area contributed by atoms with Gasteiger partial charge in [0.25, 0.3) is 0 Å². The third-order valence-corrected chi connectivity index (χ3v) is 7.11. The number of hydrogen-bond donors (Lipinski definition) is 0. The number of sulfone groups is 1. The second kappa shape index (κ2) is 6.02. The molecule has 1 spiro atoms. The molecule has 3 nitrogen and oxygen atoms in total. The second-order valence-corrected chi connectivity index (χ2v) is 9.59. The molecule has 2 fully saturated rings. The summed E-state index contributed by atoms with van der Waals surface area (Å²) in [6.45, 7) is 4.67. The average Bonchev–Trinajstić information content (AvgIpc) is 2.79. The molecule has 1 atom stereocenters. The van der Waals surface area contributed by atoms with Gasteiger partial charge in [-0.3, -0.25) is 0 Å². The van der Waals surface area contributed by atoms with Crippen molar-refractivity contribution in [1.29, 1.82) is 0 Å². The fourth-order valence-corrected chi connectivity index (χ4v) is 6.30. The van der Waals surface area contributed by atoms with Gasteiger partial charge >= 0.3 is 6.18 Å². The van der Waals surface area contributed by atoms with Crippen molar-refractivity contribution in [2.45, 2.75) is 25.9 Å². The van der Waals surface area contributed by atoms with Crippen molar-refractivity contribution in [3.05, 3.63) is 35.4 Å². The Balaban J connectivity index is 1.50. The van der Waals surface area contributed by atoms with Crippen LogP contribution in [0.3, 0.4) is 0 Å². The molecule has 3 rings (SSSR count). The highest BCUT2D eigenvalue weighted by Crippen LogP contribution is 2.41. The minimum Gasteiger partial charge on any atom is -0.302 e. The molecule has 24 heavy (non-hydrogen) atoms. The number of halogens is 3. The normalized spacial score (nSPS) is 24.0. The van der Waals surface area contributed by atoms with Crippen LogP contribution in [0, 0.1) is 11.3 Å². The molecule has 7 heteroatoms. The lowest BCUT2D eigenvalue weighted by Crippen LogP contribution is -2.50. The third-order valence-electron chi connectivity index (χ3n) is 5.00. The Morgan fingerprint density at radius 3 is 2.38 bits per heavy atom. The largest absolute Gasteiger partial charge is 0.416 e. The van der Waals surface area contributed by atoms with Crippen molar-refractivity contribution < 1.29 is 21.6 Å². The topological polar surface area (TPSA) is 37.4 Å². The molecule has 0 unspecified atom stereocenters. The van der Waals surface area contributed by atoms with Gasteiger partial charge in [0.15, 0.2) is 9.84 Å². The summed E-state index contributed by atoms with van der Waals surface area (Å²) in [6, 6.07) is 5.35. The van der Waals surface area contributed by atoms with Gasteiger partial charge in [0.1, 0.15) is 0 Å². The summed E-state index contributed by atoms with van der Waals surface area (Å²) in [5.41, 5.74) is 0.245. The third kappa shape index (κ3) is 3.94. The van der Waals surface area contributed by atoms with E-state index in [4.69, 9.17) is 0 Å². The first-order chi connectivity index (χ1) is 11.1. The Bertz CT molecular complexity index is 686. The molecule has 0 saturated carbocycles. The van der Waals surface area contributed by atoms with Crippen molar-refractivity contribution in [2.24, 2.45) is 11.3 Å². The number of alkyl halides is 3. The van der Waals surface area contributed by atoms with E-state index in [1.807, 2.05) is 0 Å². The lowest BCUT2D eigenvalue weighted by atomic mass is 9.91. The maximum Gasteiger partial charge on any atom is 0.416 e. The zero-order chi connectivity index (χ0) is 17.6. The monoisotopic (exact) mass is 361 g/mol. The molecule has 0 aromatic heterocycles. The van der Waals surface area contributed by atoms with Gasteiger partial charge in [0, 0.05) is 18.5 Å². The Morgan fingerprint density at radius 2 is 1.83 bits per heavy atom. The van der Waals surface area contributed by atoms with Gasteiger partial charge in [-0.1, -0.05) is 19.1 Å². The van der Waals surface area contributed by atoms with E-state index in [0.717, 1.165) is 50.2 Å². The molecule has 2 aliphatic rings. The molecule has 1 aromatic carbocycles. The fraction of sp³-hybridized carbons (Fsp3) is 0.647. The highest BCUT2D eigenvalue weighted by molar-refractivity contribution is 7.92. The standard InChI is InChI=1S/C17H22F3NO2S/c1-13(8-14-2-4-15(5-3-14)17(18,19)20)9-21-7-6-16(10-21)11-24(22,23)12-16/h2-5,13H,6-12H2,1H3/t13-/m0/s1. The van der Waals surface area contributed by atoms with Crippen molar-refractivity contribution >= 4 is 9.84 Å². The predicted molar refractivity (Wildman–Crippen MR) is 86.5 cm³/mol.